The number of halogens is 4. The van der Waals surface area contributed by atoms with Crippen LogP contribution in [0.3, 0.4) is 0 Å². The van der Waals surface area contributed by atoms with Gasteiger partial charge in [-0.05, 0) is 6.92 Å². The normalized spacial score (nSPS) is 16.5. The summed E-state index contributed by atoms with van der Waals surface area (Å²) in [5, 5.41) is -1.37. The van der Waals surface area contributed by atoms with Crippen molar-refractivity contribution >= 4 is 52.4 Å². The molecule has 0 amide bonds. The van der Waals surface area contributed by atoms with Crippen molar-refractivity contribution in [3.63, 3.8) is 0 Å². The number of alkyl halides is 4. The average molecular weight is 268 g/mol. The predicted octanol–water partition coefficient (Wildman–Crippen LogP) is 2.96. The molecular formula is C7H10Cl4O2. The summed E-state index contributed by atoms with van der Waals surface area (Å²) in [6.45, 7) is 1.63. The van der Waals surface area contributed by atoms with Crippen molar-refractivity contribution in [1.82, 2.24) is 0 Å². The number of carbonyl (C=O) groups excluding carboxylic acids is 1. The van der Waals surface area contributed by atoms with Gasteiger partial charge in [0.2, 0.25) is 0 Å². The molecule has 0 aromatic heterocycles. The minimum absolute atomic E-state index is 0.0506. The van der Waals surface area contributed by atoms with E-state index in [1.165, 1.54) is 7.11 Å². The first-order chi connectivity index (χ1) is 5.81. The fraction of sp³-hybridized carbons (Fsp3) is 0.857. The SMILES string of the molecule is COC(=O)C(Cl)CC(Cl)(Cl)C(C)Cl. The van der Waals surface area contributed by atoms with Gasteiger partial charge in [-0.25, -0.2) is 0 Å². The summed E-state index contributed by atoms with van der Waals surface area (Å²) < 4.78 is 3.19. The van der Waals surface area contributed by atoms with Gasteiger partial charge in [-0.3, -0.25) is 4.79 Å². The smallest absolute Gasteiger partial charge is 0.323 e. The molecule has 0 aromatic rings. The van der Waals surface area contributed by atoms with Crippen LogP contribution in [0.1, 0.15) is 13.3 Å². The first kappa shape index (κ1) is 13.6. The van der Waals surface area contributed by atoms with E-state index >= 15 is 0 Å². The Morgan fingerprint density at radius 3 is 2.23 bits per heavy atom. The molecule has 0 spiro atoms. The quantitative estimate of drug-likeness (QED) is 0.578. The number of hydrogen-bond acceptors (Lipinski definition) is 2. The topological polar surface area (TPSA) is 26.3 Å². The largest absolute Gasteiger partial charge is 0.468 e. The third-order valence-electron chi connectivity index (χ3n) is 1.49. The molecule has 0 aliphatic carbocycles. The molecule has 0 aromatic carbocycles. The Morgan fingerprint density at radius 1 is 1.46 bits per heavy atom. The zero-order valence-electron chi connectivity index (χ0n) is 7.19. The van der Waals surface area contributed by atoms with Crippen molar-refractivity contribution in [2.24, 2.45) is 0 Å². The molecule has 2 nitrogen and oxygen atoms in total. The molecule has 2 unspecified atom stereocenters. The molecule has 78 valence electrons. The minimum Gasteiger partial charge on any atom is -0.468 e. The molecule has 0 aliphatic rings. The first-order valence-corrected chi connectivity index (χ1v) is 5.18. The molecule has 6 heteroatoms. The van der Waals surface area contributed by atoms with Crippen molar-refractivity contribution in [2.45, 2.75) is 28.4 Å². The van der Waals surface area contributed by atoms with Gasteiger partial charge >= 0.3 is 5.97 Å². The van der Waals surface area contributed by atoms with Gasteiger partial charge in [-0.15, -0.1) is 23.2 Å². The second kappa shape index (κ2) is 5.50. The summed E-state index contributed by atoms with van der Waals surface area (Å²) in [6, 6.07) is 0. The second-order valence-electron chi connectivity index (χ2n) is 2.57. The van der Waals surface area contributed by atoms with E-state index in [0.29, 0.717) is 0 Å². The second-order valence-corrected chi connectivity index (χ2v) is 5.30. The minimum atomic E-state index is -1.22. The van der Waals surface area contributed by atoms with Gasteiger partial charge in [0.15, 0.2) is 0 Å². The summed E-state index contributed by atoms with van der Waals surface area (Å²) in [5.41, 5.74) is 0. The fourth-order valence-corrected chi connectivity index (χ4v) is 1.50. The van der Waals surface area contributed by atoms with Crippen LogP contribution in [-0.2, 0) is 9.53 Å². The molecule has 2 atom stereocenters. The van der Waals surface area contributed by atoms with Gasteiger partial charge in [-0.1, -0.05) is 23.2 Å². The highest BCUT2D eigenvalue weighted by molar-refractivity contribution is 6.52. The van der Waals surface area contributed by atoms with Crippen molar-refractivity contribution in [2.75, 3.05) is 7.11 Å². The maximum absolute atomic E-state index is 10.9. The number of hydrogen-bond donors (Lipinski definition) is 0. The van der Waals surface area contributed by atoms with Gasteiger partial charge in [0, 0.05) is 6.42 Å². The zero-order chi connectivity index (χ0) is 10.6. The number of ether oxygens (including phenoxy) is 1. The lowest BCUT2D eigenvalue weighted by Crippen LogP contribution is -2.31. The highest BCUT2D eigenvalue weighted by atomic mass is 35.5. The van der Waals surface area contributed by atoms with E-state index in [2.05, 4.69) is 4.74 Å². The van der Waals surface area contributed by atoms with Crippen LogP contribution in [0.25, 0.3) is 0 Å². The van der Waals surface area contributed by atoms with Crippen LogP contribution in [0.15, 0.2) is 0 Å². The Bertz CT molecular complexity index is 181. The molecule has 0 rings (SSSR count). The Kier molecular flexibility index (Phi) is 5.76. The van der Waals surface area contributed by atoms with E-state index < -0.39 is 21.1 Å². The molecule has 0 aliphatic heterocycles. The summed E-state index contributed by atoms with van der Waals surface area (Å²) in [6.07, 6.45) is 0.0506. The van der Waals surface area contributed by atoms with Gasteiger partial charge in [-0.2, -0.15) is 0 Å². The standard InChI is InChI=1S/C7H10Cl4O2/c1-4(8)7(10,11)3-5(9)6(12)13-2/h4-5H,3H2,1-2H3. The van der Waals surface area contributed by atoms with Crippen LogP contribution in [0, 0.1) is 0 Å². The van der Waals surface area contributed by atoms with Crippen molar-refractivity contribution in [3.05, 3.63) is 0 Å². The molecule has 0 saturated carbocycles. The Labute approximate surface area is 97.4 Å². The Balaban J connectivity index is 4.19. The molecule has 0 fully saturated rings. The van der Waals surface area contributed by atoms with Crippen LogP contribution in [0.5, 0.6) is 0 Å². The molecule has 0 N–H and O–H groups in total. The van der Waals surface area contributed by atoms with Crippen LogP contribution < -0.4 is 0 Å². The van der Waals surface area contributed by atoms with Crippen LogP contribution in [0.2, 0.25) is 0 Å². The number of esters is 1. The number of carbonyl (C=O) groups is 1. The fourth-order valence-electron chi connectivity index (χ4n) is 0.613. The third kappa shape index (κ3) is 4.59. The van der Waals surface area contributed by atoms with E-state index in [-0.39, 0.29) is 6.42 Å². The van der Waals surface area contributed by atoms with E-state index in [9.17, 15) is 4.79 Å². The van der Waals surface area contributed by atoms with Crippen LogP contribution >= 0.6 is 46.4 Å². The average Bonchev–Trinajstić information content (AvgIpc) is 2.01. The lowest BCUT2D eigenvalue weighted by atomic mass is 10.2. The molecule has 0 radical (unpaired) electrons. The van der Waals surface area contributed by atoms with Gasteiger partial charge in [0.25, 0.3) is 0 Å². The van der Waals surface area contributed by atoms with Gasteiger partial charge in [0.1, 0.15) is 9.71 Å². The maximum Gasteiger partial charge on any atom is 0.323 e. The van der Waals surface area contributed by atoms with Gasteiger partial charge in [0.05, 0.1) is 12.5 Å². The van der Waals surface area contributed by atoms with E-state index in [0.717, 1.165) is 0 Å². The Morgan fingerprint density at radius 2 is 1.92 bits per heavy atom. The van der Waals surface area contributed by atoms with E-state index in [1.807, 2.05) is 0 Å². The molecule has 13 heavy (non-hydrogen) atoms. The lowest BCUT2D eigenvalue weighted by molar-refractivity contribution is -0.140. The summed E-state index contributed by atoms with van der Waals surface area (Å²) in [5.74, 6) is -0.565. The number of rotatable bonds is 4. The van der Waals surface area contributed by atoms with Crippen LogP contribution in [-0.4, -0.2) is 28.2 Å². The first-order valence-electron chi connectivity index (χ1n) is 3.55. The maximum atomic E-state index is 10.9. The molecular weight excluding hydrogens is 258 g/mol. The summed E-state index contributed by atoms with van der Waals surface area (Å²) in [4.78, 5) is 10.9. The highest BCUT2D eigenvalue weighted by Gasteiger charge is 2.35. The monoisotopic (exact) mass is 266 g/mol. The lowest BCUT2D eigenvalue weighted by Gasteiger charge is -2.23. The highest BCUT2D eigenvalue weighted by Crippen LogP contribution is 2.35. The number of methoxy groups -OCH3 is 1. The van der Waals surface area contributed by atoms with E-state index in [1.54, 1.807) is 6.92 Å². The summed E-state index contributed by atoms with van der Waals surface area (Å²) in [7, 11) is 1.24. The predicted molar refractivity (Wildman–Crippen MR) is 56.0 cm³/mol. The zero-order valence-corrected chi connectivity index (χ0v) is 10.2. The molecule has 0 heterocycles. The van der Waals surface area contributed by atoms with Crippen molar-refractivity contribution < 1.29 is 9.53 Å². The molecule has 0 bridgehead atoms. The third-order valence-corrected chi connectivity index (χ3v) is 3.38. The van der Waals surface area contributed by atoms with Crippen molar-refractivity contribution in [3.8, 4) is 0 Å². The summed E-state index contributed by atoms with van der Waals surface area (Å²) >= 11 is 23.0. The molecule has 0 saturated heterocycles. The van der Waals surface area contributed by atoms with Crippen molar-refractivity contribution in [1.29, 1.82) is 0 Å². The van der Waals surface area contributed by atoms with Crippen LogP contribution in [0.4, 0.5) is 0 Å². The Hall–Kier alpha value is 0.630. The van der Waals surface area contributed by atoms with E-state index in [4.69, 9.17) is 46.4 Å². The van der Waals surface area contributed by atoms with Gasteiger partial charge < -0.3 is 4.74 Å².